The molecule has 4 aromatic heterocycles. The number of phenols is 1. The summed E-state index contributed by atoms with van der Waals surface area (Å²) in [5.41, 5.74) is 15.4. The number of nitrogens with zero attached hydrogens (tertiary/aromatic N) is 3. The summed E-state index contributed by atoms with van der Waals surface area (Å²) in [7, 11) is 0. The van der Waals surface area contributed by atoms with Gasteiger partial charge in [-0.25, -0.2) is 4.98 Å². The Labute approximate surface area is 428 Å². The van der Waals surface area contributed by atoms with E-state index in [4.69, 9.17) is 18.8 Å². The fourth-order valence-electron chi connectivity index (χ4n) is 10.7. The summed E-state index contributed by atoms with van der Waals surface area (Å²) >= 11 is 0. The van der Waals surface area contributed by atoms with Crippen LogP contribution >= 0.6 is 0 Å². The third-order valence-corrected chi connectivity index (χ3v) is 14.4. The molecule has 0 saturated carbocycles. The van der Waals surface area contributed by atoms with E-state index in [1.807, 2.05) is 30.3 Å². The van der Waals surface area contributed by atoms with Gasteiger partial charge in [0.05, 0.1) is 39.1 Å². The SMILES string of the molecule is CC(C)c1cc(-c2ccccc2)cc(C(C)C)c1-n1c(-c2cc(C(C)(C)C)cc(C(C)(C)C)c2O)nc2c(-c3ccc4c(n3)c3[c-]c5c(cc3c3oc6ccccc6c43)oc3ccccc35)cccc21.[Pt]. The van der Waals surface area contributed by atoms with Crippen molar-refractivity contribution in [2.45, 2.75) is 91.9 Å². The van der Waals surface area contributed by atoms with Gasteiger partial charge in [-0.05, 0) is 109 Å². The zero-order chi connectivity index (χ0) is 48.5. The van der Waals surface area contributed by atoms with E-state index in [9.17, 15) is 5.11 Å². The van der Waals surface area contributed by atoms with Gasteiger partial charge in [-0.3, -0.25) is 9.55 Å². The quantitative estimate of drug-likeness (QED) is 0.133. The largest absolute Gasteiger partial charge is 0.507 e. The summed E-state index contributed by atoms with van der Waals surface area (Å²) in [4.78, 5) is 11.4. The van der Waals surface area contributed by atoms with Crippen LogP contribution in [0.5, 0.6) is 5.75 Å². The molecule has 0 fully saturated rings. The molecule has 1 N–H and O–H groups in total. The molecule has 4 heterocycles. The van der Waals surface area contributed by atoms with Crippen molar-refractivity contribution >= 4 is 76.6 Å². The van der Waals surface area contributed by atoms with Crippen LogP contribution in [0.1, 0.15) is 103 Å². The number of para-hydroxylation sites is 3. The van der Waals surface area contributed by atoms with Gasteiger partial charge in [0.25, 0.3) is 0 Å². The third kappa shape index (κ3) is 7.40. The number of imidazole rings is 1. The maximum atomic E-state index is 12.7. The molecular weight excluding hydrogens is 1050 g/mol. The molecule has 8 aromatic carbocycles. The minimum atomic E-state index is -0.347. The van der Waals surface area contributed by atoms with Crippen molar-refractivity contribution in [1.29, 1.82) is 0 Å². The van der Waals surface area contributed by atoms with Crippen LogP contribution < -0.4 is 0 Å². The van der Waals surface area contributed by atoms with Crippen molar-refractivity contribution in [3.05, 3.63) is 168 Å². The number of furan rings is 2. The second-order valence-corrected chi connectivity index (χ2v) is 21.8. The van der Waals surface area contributed by atoms with Crippen molar-refractivity contribution < 1.29 is 35.0 Å². The van der Waals surface area contributed by atoms with Gasteiger partial charge < -0.3 is 13.9 Å². The van der Waals surface area contributed by atoms with Gasteiger partial charge in [0.1, 0.15) is 22.7 Å². The molecule has 0 unspecified atom stereocenters. The Morgan fingerprint density at radius 3 is 1.89 bits per heavy atom. The molecule has 0 saturated heterocycles. The summed E-state index contributed by atoms with van der Waals surface area (Å²) in [6, 6.07) is 52.7. The van der Waals surface area contributed by atoms with Crippen molar-refractivity contribution in [3.63, 3.8) is 0 Å². The predicted molar refractivity (Wildman–Crippen MR) is 291 cm³/mol. The van der Waals surface area contributed by atoms with Crippen molar-refractivity contribution in [1.82, 2.24) is 14.5 Å². The Morgan fingerprint density at radius 1 is 0.549 bits per heavy atom. The first-order chi connectivity index (χ1) is 33.5. The van der Waals surface area contributed by atoms with Gasteiger partial charge in [-0.2, -0.15) is 0 Å². The molecule has 0 amide bonds. The first-order valence-corrected chi connectivity index (χ1v) is 24.6. The summed E-state index contributed by atoms with van der Waals surface area (Å²) in [6.07, 6.45) is 0. The topological polar surface area (TPSA) is 77.2 Å². The number of aromatic nitrogens is 3. The van der Waals surface area contributed by atoms with E-state index in [1.165, 1.54) is 22.3 Å². The maximum absolute atomic E-state index is 12.7. The Bertz CT molecular complexity index is 4070. The van der Waals surface area contributed by atoms with E-state index < -0.39 is 0 Å². The number of benzene rings is 8. The summed E-state index contributed by atoms with van der Waals surface area (Å²) in [5.74, 6) is 1.25. The molecule has 356 valence electrons. The molecule has 0 aliphatic rings. The second kappa shape index (κ2) is 16.8. The number of phenolic OH excluding ortho intramolecular Hbond substituents is 1. The Hall–Kier alpha value is -7.01. The molecule has 12 rings (SSSR count). The third-order valence-electron chi connectivity index (χ3n) is 14.4. The fourth-order valence-corrected chi connectivity index (χ4v) is 10.7. The van der Waals surface area contributed by atoms with Crippen molar-refractivity contribution in [3.8, 4) is 45.2 Å². The molecule has 0 aliphatic heterocycles. The van der Waals surface area contributed by atoms with Crippen LogP contribution in [0.3, 0.4) is 0 Å². The van der Waals surface area contributed by atoms with Gasteiger partial charge in [-0.15, -0.1) is 6.07 Å². The fraction of sp³-hybridized carbons (Fsp3) is 0.219. The van der Waals surface area contributed by atoms with Gasteiger partial charge in [0.2, 0.25) is 0 Å². The molecule has 71 heavy (non-hydrogen) atoms. The second-order valence-electron chi connectivity index (χ2n) is 21.8. The number of hydrogen-bond donors (Lipinski definition) is 1. The van der Waals surface area contributed by atoms with Crippen LogP contribution in [0.15, 0.2) is 148 Å². The first-order valence-electron chi connectivity index (χ1n) is 24.6. The molecule has 7 heteroatoms. The van der Waals surface area contributed by atoms with Crippen molar-refractivity contribution in [2.24, 2.45) is 0 Å². The van der Waals surface area contributed by atoms with Gasteiger partial charge in [0.15, 0.2) is 0 Å². The Kier molecular flexibility index (Phi) is 11.0. The van der Waals surface area contributed by atoms with Gasteiger partial charge in [0, 0.05) is 48.5 Å². The van der Waals surface area contributed by atoms with Crippen LogP contribution in [0.2, 0.25) is 0 Å². The molecule has 6 nitrogen and oxygen atoms in total. The summed E-state index contributed by atoms with van der Waals surface area (Å²) in [5, 5.41) is 19.4. The van der Waals surface area contributed by atoms with Gasteiger partial charge >= 0.3 is 0 Å². The van der Waals surface area contributed by atoms with Crippen LogP contribution in [-0.4, -0.2) is 19.6 Å². The molecule has 0 spiro atoms. The first kappa shape index (κ1) is 46.4. The number of fused-ring (bicyclic) bond motifs is 12. The van der Waals surface area contributed by atoms with Crippen LogP contribution in [-0.2, 0) is 31.9 Å². The normalized spacial score (nSPS) is 12.6. The smallest absolute Gasteiger partial charge is 0.149 e. The van der Waals surface area contributed by atoms with E-state index in [-0.39, 0.29) is 49.5 Å². The predicted octanol–water partition coefficient (Wildman–Crippen LogP) is 17.9. The zero-order valence-electron chi connectivity index (χ0n) is 41.9. The van der Waals surface area contributed by atoms with Crippen LogP contribution in [0.25, 0.3) is 116 Å². The van der Waals surface area contributed by atoms with E-state index in [1.54, 1.807) is 0 Å². The Morgan fingerprint density at radius 2 is 1.21 bits per heavy atom. The molecule has 0 aliphatic carbocycles. The number of pyridine rings is 1. The van der Waals surface area contributed by atoms with E-state index in [2.05, 4.69) is 189 Å². The van der Waals surface area contributed by atoms with Gasteiger partial charge in [-0.1, -0.05) is 177 Å². The number of aromatic hydroxyl groups is 1. The average molecular weight is 1110 g/mol. The van der Waals surface area contributed by atoms with Crippen LogP contribution in [0.4, 0.5) is 0 Å². The molecule has 12 aromatic rings. The average Bonchev–Trinajstić information content (AvgIpc) is 4.04. The minimum absolute atomic E-state index is 0. The van der Waals surface area contributed by atoms with E-state index >= 15 is 0 Å². The maximum Gasteiger partial charge on any atom is 0.149 e. The standard InChI is InChI=1S/C64H56N3O3.Pt/c1-35(2)44-29-38(37-19-12-11-13-20-37)30-45(36(3)4)59(44)67-52-24-18-23-41(58(52)66-62(67)49-31-39(63(5,6)7)32-50(60(49)68)64(8,9)10)51-28-27-43-56-42-22-15-17-26-54(42)70-61(56)48-34-55-46(33-47(48)57(43)65-51)40-21-14-16-25-53(40)69-55;/h11-32,34-36,68H,1-10H3;/q-1;. The monoisotopic (exact) mass is 1110 g/mol. The number of rotatable bonds is 6. The number of hydrogen-bond acceptors (Lipinski definition) is 5. The molecular formula is C64H56N3O3Pt-. The Balaban J connectivity index is 0.00000547. The summed E-state index contributed by atoms with van der Waals surface area (Å²) in [6.45, 7) is 22.3. The molecule has 0 radical (unpaired) electrons. The van der Waals surface area contributed by atoms with Crippen molar-refractivity contribution in [2.75, 3.05) is 0 Å². The van der Waals surface area contributed by atoms with Crippen LogP contribution in [0, 0.1) is 6.07 Å². The molecule has 0 atom stereocenters. The summed E-state index contributed by atoms with van der Waals surface area (Å²) < 4.78 is 15.5. The van der Waals surface area contributed by atoms with E-state index in [0.29, 0.717) is 11.4 Å². The minimum Gasteiger partial charge on any atom is -0.507 e. The zero-order valence-corrected chi connectivity index (χ0v) is 44.1. The van der Waals surface area contributed by atoms with E-state index in [0.717, 1.165) is 105 Å². The molecule has 0 bridgehead atoms.